The van der Waals surface area contributed by atoms with Crippen LogP contribution in [0.3, 0.4) is 0 Å². The molecule has 0 aliphatic rings. The number of fused-ring (bicyclic) bond motifs is 12. The van der Waals surface area contributed by atoms with Crippen molar-refractivity contribution >= 4 is 76.2 Å². The van der Waals surface area contributed by atoms with E-state index in [0.29, 0.717) is 11.5 Å². The van der Waals surface area contributed by atoms with Crippen LogP contribution in [0.15, 0.2) is 241 Å². The molecule has 4 nitrogen and oxygen atoms in total. The van der Waals surface area contributed by atoms with Gasteiger partial charge in [-0.25, -0.2) is 4.98 Å². The lowest BCUT2D eigenvalue weighted by Gasteiger charge is -2.17. The zero-order valence-corrected chi connectivity index (χ0v) is 36.8. The van der Waals surface area contributed by atoms with Gasteiger partial charge in [-0.05, 0) is 120 Å². The highest BCUT2D eigenvalue weighted by molar-refractivity contribution is 6.27. The quantitative estimate of drug-likeness (QED) is 0.156. The van der Waals surface area contributed by atoms with E-state index >= 15 is 0 Å². The number of rotatable bonds is 6. The van der Waals surface area contributed by atoms with Crippen molar-refractivity contribution in [2.75, 3.05) is 0 Å². The van der Waals surface area contributed by atoms with Crippen molar-refractivity contribution in [2.24, 2.45) is 0 Å². The summed E-state index contributed by atoms with van der Waals surface area (Å²) in [5.74, 6) is 0.624. The molecular weight excluding hydrogens is 827 g/mol. The lowest BCUT2D eigenvalue weighted by molar-refractivity contribution is 0.653. The van der Waals surface area contributed by atoms with Gasteiger partial charge in [0.05, 0.1) is 22.1 Å². The highest BCUT2D eigenvalue weighted by Crippen LogP contribution is 2.46. The Morgan fingerprint density at radius 1 is 0.309 bits per heavy atom. The van der Waals surface area contributed by atoms with Crippen LogP contribution < -0.4 is 0 Å². The van der Waals surface area contributed by atoms with Crippen LogP contribution in [0.25, 0.3) is 138 Å². The van der Waals surface area contributed by atoms with Gasteiger partial charge in [-0.2, -0.15) is 4.98 Å². The maximum atomic E-state index is 6.73. The molecule has 0 aliphatic heterocycles. The van der Waals surface area contributed by atoms with E-state index in [9.17, 15) is 0 Å². The Labute approximate surface area is 391 Å². The maximum Gasteiger partial charge on any atom is 0.231 e. The molecule has 11 aromatic carbocycles. The normalized spacial score (nSPS) is 11.8. The van der Waals surface area contributed by atoms with E-state index in [2.05, 4.69) is 217 Å². The van der Waals surface area contributed by atoms with E-state index in [0.717, 1.165) is 66.7 Å². The molecule has 4 heteroatoms. The molecule has 0 unspecified atom stereocenters. The number of aromatic nitrogens is 3. The molecule has 0 N–H and O–H groups in total. The standard InChI is InChI=1S/C64H39N3O/c1-4-16-40(17-5-1)41-28-30-42(31-29-41)62-61-57-37-45(33-35-60(57)68-64(61)66-63(65-62)43-18-6-2-7-19-43)53-39-55-50-25-13-11-23-48(50)47-22-10-12-24-49(47)54(55)38-52(53)44-32-34-59-56(36-44)51-26-14-15-27-58(51)67(59)46-20-8-3-9-21-46/h1-39H. The number of para-hydroxylation sites is 2. The van der Waals surface area contributed by atoms with E-state index in [1.807, 2.05) is 24.3 Å². The molecule has 3 aromatic heterocycles. The van der Waals surface area contributed by atoms with Gasteiger partial charge in [0.15, 0.2) is 5.82 Å². The van der Waals surface area contributed by atoms with Gasteiger partial charge in [-0.15, -0.1) is 0 Å². The summed E-state index contributed by atoms with van der Waals surface area (Å²) >= 11 is 0. The predicted octanol–water partition coefficient (Wildman–Crippen LogP) is 17.3. The summed E-state index contributed by atoms with van der Waals surface area (Å²) in [7, 11) is 0. The second-order valence-electron chi connectivity index (χ2n) is 17.7. The first-order chi connectivity index (χ1) is 33.7. The molecule has 0 saturated carbocycles. The van der Waals surface area contributed by atoms with Crippen LogP contribution in [0, 0.1) is 0 Å². The Balaban J connectivity index is 1.04. The molecule has 3 heterocycles. The third kappa shape index (κ3) is 6.01. The molecule has 0 atom stereocenters. The molecule has 0 radical (unpaired) electrons. The van der Waals surface area contributed by atoms with Crippen molar-refractivity contribution in [3.63, 3.8) is 0 Å². The van der Waals surface area contributed by atoms with Gasteiger partial charge in [0.2, 0.25) is 5.71 Å². The van der Waals surface area contributed by atoms with Crippen molar-refractivity contribution in [3.05, 3.63) is 237 Å². The van der Waals surface area contributed by atoms with Crippen molar-refractivity contribution in [1.82, 2.24) is 14.5 Å². The second-order valence-corrected chi connectivity index (χ2v) is 17.7. The Bertz CT molecular complexity index is 4290. The van der Waals surface area contributed by atoms with Gasteiger partial charge in [0, 0.05) is 33.0 Å². The molecule has 0 fully saturated rings. The minimum absolute atomic E-state index is 0.560. The smallest absolute Gasteiger partial charge is 0.231 e. The first kappa shape index (κ1) is 38.2. The van der Waals surface area contributed by atoms with Crippen LogP contribution in [0.4, 0.5) is 0 Å². The summed E-state index contributed by atoms with van der Waals surface area (Å²) in [5.41, 5.74) is 14.4. The molecule has 0 aliphatic carbocycles. The Hall–Kier alpha value is -9.12. The Morgan fingerprint density at radius 3 is 1.43 bits per heavy atom. The summed E-state index contributed by atoms with van der Waals surface area (Å²) in [6.07, 6.45) is 0. The molecule has 68 heavy (non-hydrogen) atoms. The van der Waals surface area contributed by atoms with Crippen LogP contribution in [0.2, 0.25) is 0 Å². The Kier molecular flexibility index (Phi) is 8.55. The van der Waals surface area contributed by atoms with Gasteiger partial charge in [-0.3, -0.25) is 0 Å². The summed E-state index contributed by atoms with van der Waals surface area (Å²) in [4.78, 5) is 10.4. The minimum Gasteiger partial charge on any atom is -0.438 e. The molecular formula is C64H39N3O. The average molecular weight is 866 g/mol. The minimum atomic E-state index is 0.560. The van der Waals surface area contributed by atoms with Crippen molar-refractivity contribution in [2.45, 2.75) is 0 Å². The summed E-state index contributed by atoms with van der Waals surface area (Å²) in [5, 5.41) is 11.7. The van der Waals surface area contributed by atoms with Gasteiger partial charge in [0.1, 0.15) is 5.58 Å². The van der Waals surface area contributed by atoms with Crippen molar-refractivity contribution in [3.8, 4) is 61.7 Å². The van der Waals surface area contributed by atoms with Crippen molar-refractivity contribution < 1.29 is 4.42 Å². The molecule has 0 bridgehead atoms. The fourth-order valence-electron chi connectivity index (χ4n) is 10.6. The monoisotopic (exact) mass is 865 g/mol. The van der Waals surface area contributed by atoms with Gasteiger partial charge in [0.25, 0.3) is 0 Å². The highest BCUT2D eigenvalue weighted by Gasteiger charge is 2.22. The fourth-order valence-corrected chi connectivity index (χ4v) is 10.6. The van der Waals surface area contributed by atoms with Crippen LogP contribution in [-0.2, 0) is 0 Å². The largest absolute Gasteiger partial charge is 0.438 e. The molecule has 0 spiro atoms. The number of hydrogen-bond donors (Lipinski definition) is 0. The molecule has 14 aromatic rings. The van der Waals surface area contributed by atoms with Crippen LogP contribution in [0.5, 0.6) is 0 Å². The first-order valence-corrected chi connectivity index (χ1v) is 23.1. The third-order valence-corrected chi connectivity index (χ3v) is 13.8. The molecule has 0 saturated heterocycles. The molecule has 14 rings (SSSR count). The number of nitrogens with zero attached hydrogens (tertiary/aromatic N) is 3. The predicted molar refractivity (Wildman–Crippen MR) is 283 cm³/mol. The molecule has 0 amide bonds. The van der Waals surface area contributed by atoms with Crippen molar-refractivity contribution in [1.29, 1.82) is 0 Å². The van der Waals surface area contributed by atoms with E-state index in [1.54, 1.807) is 0 Å². The fraction of sp³-hybridized carbons (Fsp3) is 0. The van der Waals surface area contributed by atoms with Crippen LogP contribution >= 0.6 is 0 Å². The summed E-state index contributed by atoms with van der Waals surface area (Å²) < 4.78 is 9.11. The number of benzene rings is 11. The topological polar surface area (TPSA) is 43.9 Å². The zero-order chi connectivity index (χ0) is 44.7. The van der Waals surface area contributed by atoms with Gasteiger partial charge < -0.3 is 8.98 Å². The summed E-state index contributed by atoms with van der Waals surface area (Å²) in [6, 6.07) is 84.9. The second kappa shape index (κ2) is 15.2. The zero-order valence-electron chi connectivity index (χ0n) is 36.8. The lowest BCUT2D eigenvalue weighted by Crippen LogP contribution is -1.94. The average Bonchev–Trinajstić information content (AvgIpc) is 3.96. The lowest BCUT2D eigenvalue weighted by atomic mass is 9.86. The maximum absolute atomic E-state index is 6.73. The Morgan fingerprint density at radius 2 is 0.779 bits per heavy atom. The highest BCUT2D eigenvalue weighted by atomic mass is 16.3. The summed E-state index contributed by atoms with van der Waals surface area (Å²) in [6.45, 7) is 0. The van der Waals surface area contributed by atoms with E-state index in [-0.39, 0.29) is 0 Å². The van der Waals surface area contributed by atoms with E-state index < -0.39 is 0 Å². The number of furan rings is 1. The van der Waals surface area contributed by atoms with E-state index in [1.165, 1.54) is 59.7 Å². The number of hydrogen-bond acceptors (Lipinski definition) is 3. The molecule has 316 valence electrons. The van der Waals surface area contributed by atoms with Crippen LogP contribution in [-0.4, -0.2) is 14.5 Å². The van der Waals surface area contributed by atoms with Gasteiger partial charge >= 0.3 is 0 Å². The third-order valence-electron chi connectivity index (χ3n) is 13.8. The first-order valence-electron chi connectivity index (χ1n) is 23.1. The van der Waals surface area contributed by atoms with Crippen LogP contribution in [0.1, 0.15) is 0 Å². The van der Waals surface area contributed by atoms with E-state index in [4.69, 9.17) is 14.4 Å². The van der Waals surface area contributed by atoms with Gasteiger partial charge in [-0.1, -0.05) is 182 Å². The SMILES string of the molecule is c1ccc(-c2ccc(-c3nc(-c4ccccc4)nc4oc5ccc(-c6cc7c8ccccc8c8ccccc8c7cc6-c6ccc7c(c6)c6ccccc6n7-c6ccccc6)cc5c34)cc2)cc1.